The number of carbonyl (C=O) groups is 1. The van der Waals surface area contributed by atoms with Crippen molar-refractivity contribution in [2.45, 2.75) is 31.1 Å². The summed E-state index contributed by atoms with van der Waals surface area (Å²) in [4.78, 5) is 13.0. The van der Waals surface area contributed by atoms with E-state index in [4.69, 9.17) is 11.6 Å². The van der Waals surface area contributed by atoms with E-state index in [0.29, 0.717) is 48.7 Å². The Labute approximate surface area is 199 Å². The summed E-state index contributed by atoms with van der Waals surface area (Å²) in [6, 6.07) is 11.2. The molecule has 0 saturated carbocycles. The highest BCUT2D eigenvalue weighted by molar-refractivity contribution is 7.92. The Morgan fingerprint density at radius 2 is 1.82 bits per heavy atom. The van der Waals surface area contributed by atoms with Crippen LogP contribution in [0.4, 0.5) is 11.4 Å². The van der Waals surface area contributed by atoms with Gasteiger partial charge in [-0.2, -0.15) is 0 Å². The molecule has 178 valence electrons. The fraction of sp³-hybridized carbons (Fsp3) is 0.409. The van der Waals surface area contributed by atoms with Gasteiger partial charge in [0.2, 0.25) is 15.9 Å². The summed E-state index contributed by atoms with van der Waals surface area (Å²) in [5.41, 5.74) is 1.89. The predicted molar refractivity (Wildman–Crippen MR) is 129 cm³/mol. The van der Waals surface area contributed by atoms with Crippen molar-refractivity contribution in [2.75, 3.05) is 35.0 Å². The molecule has 2 aromatic rings. The third kappa shape index (κ3) is 4.89. The largest absolute Gasteiger partial charge is 0.326 e. The van der Waals surface area contributed by atoms with E-state index in [9.17, 15) is 21.6 Å². The van der Waals surface area contributed by atoms with Crippen LogP contribution in [0, 0.1) is 5.92 Å². The van der Waals surface area contributed by atoms with Gasteiger partial charge < -0.3 is 5.32 Å². The highest BCUT2D eigenvalue weighted by Crippen LogP contribution is 2.35. The lowest BCUT2D eigenvalue weighted by Gasteiger charge is -2.31. The van der Waals surface area contributed by atoms with Gasteiger partial charge in [-0.3, -0.25) is 9.10 Å². The van der Waals surface area contributed by atoms with Crippen LogP contribution in [-0.4, -0.2) is 52.4 Å². The number of rotatable bonds is 6. The first-order valence-electron chi connectivity index (χ1n) is 10.8. The van der Waals surface area contributed by atoms with Gasteiger partial charge in [-0.25, -0.2) is 21.1 Å². The van der Waals surface area contributed by atoms with Crippen molar-refractivity contribution in [3.8, 4) is 0 Å². The minimum atomic E-state index is -3.77. The molecule has 0 bridgehead atoms. The van der Waals surface area contributed by atoms with E-state index in [1.165, 1.54) is 32.9 Å². The lowest BCUT2D eigenvalue weighted by Crippen LogP contribution is -2.44. The van der Waals surface area contributed by atoms with E-state index in [1.54, 1.807) is 19.1 Å². The van der Waals surface area contributed by atoms with Gasteiger partial charge in [-0.1, -0.05) is 17.7 Å². The number of nitrogens with zero attached hydrogens (tertiary/aromatic N) is 2. The molecule has 4 rings (SSSR count). The van der Waals surface area contributed by atoms with Gasteiger partial charge in [0.1, 0.15) is 0 Å². The SMILES string of the molecule is CCS(=O)(=O)N1CCC[C@H](C(=O)Nc2ccc3c(c2)N(S(=O)(=O)c2ccc(Cl)cc2)CC3)C1. The molecule has 33 heavy (non-hydrogen) atoms. The molecule has 1 amide bonds. The predicted octanol–water partition coefficient (Wildman–Crippen LogP) is 3.09. The van der Waals surface area contributed by atoms with Crippen molar-refractivity contribution in [2.24, 2.45) is 5.92 Å². The molecule has 1 saturated heterocycles. The van der Waals surface area contributed by atoms with Crippen molar-refractivity contribution in [1.82, 2.24) is 4.31 Å². The zero-order chi connectivity index (χ0) is 23.8. The fourth-order valence-corrected chi connectivity index (χ4v) is 7.05. The molecule has 8 nitrogen and oxygen atoms in total. The molecule has 1 fully saturated rings. The normalized spacial score (nSPS) is 19.3. The number of anilines is 2. The number of carbonyl (C=O) groups excluding carboxylic acids is 1. The molecule has 2 aliphatic heterocycles. The summed E-state index contributed by atoms with van der Waals surface area (Å²) in [6.45, 7) is 2.48. The number of fused-ring (bicyclic) bond motifs is 1. The Kier molecular flexibility index (Phi) is 6.73. The smallest absolute Gasteiger partial charge is 0.264 e. The number of sulfonamides is 2. The van der Waals surface area contributed by atoms with Crippen LogP contribution in [0.25, 0.3) is 0 Å². The van der Waals surface area contributed by atoms with E-state index in [1.807, 2.05) is 6.07 Å². The standard InChI is InChI=1S/C22H26ClN3O5S2/c1-2-32(28,29)25-12-3-4-17(15-25)22(27)24-19-8-5-16-11-13-26(21(16)14-19)33(30,31)20-9-6-18(23)7-10-20/h5-10,14,17H,2-4,11-13,15H2,1H3,(H,24,27)/t17-/m0/s1. The summed E-state index contributed by atoms with van der Waals surface area (Å²) in [7, 11) is -7.12. The molecule has 0 aliphatic carbocycles. The lowest BCUT2D eigenvalue weighted by molar-refractivity contribution is -0.120. The summed E-state index contributed by atoms with van der Waals surface area (Å²) in [5.74, 6) is -0.720. The monoisotopic (exact) mass is 511 g/mol. The maximum atomic E-state index is 13.2. The Hall–Kier alpha value is -2.14. The minimum Gasteiger partial charge on any atom is -0.326 e. The highest BCUT2D eigenvalue weighted by Gasteiger charge is 2.33. The van der Waals surface area contributed by atoms with Gasteiger partial charge in [0, 0.05) is 30.3 Å². The second-order valence-corrected chi connectivity index (χ2v) is 12.8. The Morgan fingerprint density at radius 3 is 2.52 bits per heavy atom. The van der Waals surface area contributed by atoms with Gasteiger partial charge in [-0.15, -0.1) is 0 Å². The quantitative estimate of drug-likeness (QED) is 0.641. The summed E-state index contributed by atoms with van der Waals surface area (Å²) >= 11 is 5.89. The fourth-order valence-electron chi connectivity index (χ4n) is 4.25. The third-order valence-electron chi connectivity index (χ3n) is 6.12. The average molecular weight is 512 g/mol. The zero-order valence-electron chi connectivity index (χ0n) is 18.2. The number of amides is 1. The van der Waals surface area contributed by atoms with Crippen LogP contribution >= 0.6 is 11.6 Å². The Bertz CT molecular complexity index is 1260. The molecule has 2 heterocycles. The molecule has 0 radical (unpaired) electrons. The Balaban J connectivity index is 1.53. The van der Waals surface area contributed by atoms with Crippen LogP contribution in [0.15, 0.2) is 47.4 Å². The number of hydrogen-bond donors (Lipinski definition) is 1. The summed E-state index contributed by atoms with van der Waals surface area (Å²) in [6.07, 6.45) is 1.79. The van der Waals surface area contributed by atoms with Gasteiger partial charge in [0.25, 0.3) is 10.0 Å². The highest BCUT2D eigenvalue weighted by atomic mass is 35.5. The van der Waals surface area contributed by atoms with E-state index >= 15 is 0 Å². The van der Waals surface area contributed by atoms with Crippen LogP contribution < -0.4 is 9.62 Å². The minimum absolute atomic E-state index is 0.00406. The van der Waals surface area contributed by atoms with Gasteiger partial charge in [-0.05, 0) is 68.1 Å². The molecular weight excluding hydrogens is 486 g/mol. The van der Waals surface area contributed by atoms with E-state index in [-0.39, 0.29) is 23.1 Å². The molecule has 2 aromatic carbocycles. The van der Waals surface area contributed by atoms with Crippen LogP contribution in [0.5, 0.6) is 0 Å². The first-order valence-corrected chi connectivity index (χ1v) is 14.2. The molecule has 1 N–H and O–H groups in total. The molecule has 11 heteroatoms. The van der Waals surface area contributed by atoms with Crippen LogP contribution in [0.2, 0.25) is 5.02 Å². The van der Waals surface area contributed by atoms with Crippen LogP contribution in [0.3, 0.4) is 0 Å². The topological polar surface area (TPSA) is 104 Å². The van der Waals surface area contributed by atoms with Crippen molar-refractivity contribution in [3.05, 3.63) is 53.1 Å². The zero-order valence-corrected chi connectivity index (χ0v) is 20.6. The van der Waals surface area contributed by atoms with Crippen molar-refractivity contribution in [3.63, 3.8) is 0 Å². The first-order chi connectivity index (χ1) is 15.6. The second-order valence-electron chi connectivity index (χ2n) is 8.21. The second kappa shape index (κ2) is 9.25. The number of hydrogen-bond acceptors (Lipinski definition) is 5. The van der Waals surface area contributed by atoms with E-state index < -0.39 is 26.0 Å². The number of piperidine rings is 1. The van der Waals surface area contributed by atoms with Gasteiger partial charge in [0.15, 0.2) is 0 Å². The maximum Gasteiger partial charge on any atom is 0.264 e. The van der Waals surface area contributed by atoms with E-state index in [2.05, 4.69) is 5.32 Å². The molecule has 0 aromatic heterocycles. The van der Waals surface area contributed by atoms with Gasteiger partial charge in [0.05, 0.1) is 22.3 Å². The van der Waals surface area contributed by atoms with E-state index in [0.717, 1.165) is 5.56 Å². The van der Waals surface area contributed by atoms with Crippen LogP contribution in [0.1, 0.15) is 25.3 Å². The van der Waals surface area contributed by atoms with Gasteiger partial charge >= 0.3 is 0 Å². The molecule has 0 unspecified atom stereocenters. The average Bonchev–Trinajstić information content (AvgIpc) is 3.23. The molecular formula is C22H26ClN3O5S2. The molecule has 2 aliphatic rings. The number of benzene rings is 2. The van der Waals surface area contributed by atoms with Crippen molar-refractivity contribution in [1.29, 1.82) is 0 Å². The maximum absolute atomic E-state index is 13.2. The number of halogens is 1. The van der Waals surface area contributed by atoms with Crippen LogP contribution in [-0.2, 0) is 31.3 Å². The third-order valence-corrected chi connectivity index (χ3v) is 10.0. The molecule has 0 spiro atoms. The Morgan fingerprint density at radius 1 is 1.09 bits per heavy atom. The van der Waals surface area contributed by atoms with Crippen molar-refractivity contribution < 1.29 is 21.6 Å². The first kappa shape index (κ1) is 24.0. The molecule has 1 atom stereocenters. The lowest BCUT2D eigenvalue weighted by atomic mass is 9.98. The summed E-state index contributed by atoms with van der Waals surface area (Å²) in [5, 5.41) is 3.30. The van der Waals surface area contributed by atoms with Crippen molar-refractivity contribution >= 4 is 48.9 Å². The number of nitrogens with one attached hydrogen (secondary N) is 1. The summed E-state index contributed by atoms with van der Waals surface area (Å²) < 4.78 is 53.5.